The first-order chi connectivity index (χ1) is 18.8. The van der Waals surface area contributed by atoms with E-state index in [2.05, 4.69) is 24.0 Å². The SMILES string of the molecule is Cc1cccc(-c2ccn(-c3nc(N4CCOCC4)c4sc(C(=O)N5CCC(C(C)(C)O)CC5)cc4n3)n2)c1. The van der Waals surface area contributed by atoms with Gasteiger partial charge in [0.2, 0.25) is 0 Å². The molecule has 204 valence electrons. The third kappa shape index (κ3) is 5.28. The van der Waals surface area contributed by atoms with Gasteiger partial charge in [0.05, 0.1) is 39.6 Å². The van der Waals surface area contributed by atoms with E-state index >= 15 is 0 Å². The van der Waals surface area contributed by atoms with E-state index in [1.165, 1.54) is 16.9 Å². The highest BCUT2D eigenvalue weighted by atomic mass is 32.1. The van der Waals surface area contributed by atoms with Crippen molar-refractivity contribution in [1.82, 2.24) is 24.6 Å². The lowest BCUT2D eigenvalue weighted by atomic mass is 9.83. The first-order valence-electron chi connectivity index (χ1n) is 13.6. The van der Waals surface area contributed by atoms with Crippen LogP contribution in [0.25, 0.3) is 27.4 Å². The van der Waals surface area contributed by atoms with Crippen molar-refractivity contribution in [1.29, 1.82) is 0 Å². The second kappa shape index (κ2) is 10.3. The largest absolute Gasteiger partial charge is 0.390 e. The lowest BCUT2D eigenvalue weighted by molar-refractivity contribution is -0.0107. The number of hydrogen-bond acceptors (Lipinski definition) is 8. The van der Waals surface area contributed by atoms with E-state index in [0.29, 0.717) is 37.1 Å². The van der Waals surface area contributed by atoms with Crippen LogP contribution in [0.3, 0.4) is 0 Å². The van der Waals surface area contributed by atoms with Gasteiger partial charge in [-0.15, -0.1) is 11.3 Å². The van der Waals surface area contributed by atoms with E-state index in [1.807, 2.05) is 49.2 Å². The molecule has 2 aliphatic rings. The van der Waals surface area contributed by atoms with Crippen LogP contribution in [-0.4, -0.2) is 80.7 Å². The highest BCUT2D eigenvalue weighted by Gasteiger charge is 2.33. The van der Waals surface area contributed by atoms with Crippen LogP contribution in [0.1, 0.15) is 41.9 Å². The third-order valence-electron chi connectivity index (χ3n) is 7.75. The second-order valence-electron chi connectivity index (χ2n) is 11.0. The summed E-state index contributed by atoms with van der Waals surface area (Å²) < 4.78 is 8.20. The monoisotopic (exact) mass is 546 g/mol. The Hall–Kier alpha value is -3.34. The zero-order valence-electron chi connectivity index (χ0n) is 22.6. The molecule has 1 aromatic carbocycles. The molecule has 0 aliphatic carbocycles. The fourth-order valence-electron chi connectivity index (χ4n) is 5.44. The zero-order valence-corrected chi connectivity index (χ0v) is 23.4. The smallest absolute Gasteiger partial charge is 0.264 e. The van der Waals surface area contributed by atoms with Gasteiger partial charge in [0.25, 0.3) is 11.9 Å². The normalized spacial score (nSPS) is 17.2. The summed E-state index contributed by atoms with van der Waals surface area (Å²) in [5.74, 6) is 1.51. The van der Waals surface area contributed by atoms with Crippen LogP contribution in [0, 0.1) is 12.8 Å². The summed E-state index contributed by atoms with van der Waals surface area (Å²) in [6.45, 7) is 9.78. The molecule has 5 heterocycles. The highest BCUT2D eigenvalue weighted by molar-refractivity contribution is 7.21. The number of anilines is 1. The molecule has 2 saturated heterocycles. The van der Waals surface area contributed by atoms with Crippen molar-refractivity contribution >= 4 is 33.3 Å². The van der Waals surface area contributed by atoms with Crippen molar-refractivity contribution in [2.45, 2.75) is 39.2 Å². The topological polar surface area (TPSA) is 96.6 Å². The number of hydrogen-bond donors (Lipinski definition) is 1. The third-order valence-corrected chi connectivity index (χ3v) is 8.86. The number of aryl methyl sites for hydroxylation is 1. The number of likely N-dealkylation sites (tertiary alicyclic amines) is 1. The number of rotatable bonds is 5. The Morgan fingerprint density at radius 1 is 1.08 bits per heavy atom. The first kappa shape index (κ1) is 25.9. The average Bonchev–Trinajstić information content (AvgIpc) is 3.60. The van der Waals surface area contributed by atoms with Crippen LogP contribution in [-0.2, 0) is 4.74 Å². The number of carbonyl (C=O) groups is 1. The fraction of sp³-hybridized carbons (Fsp3) is 0.448. The maximum absolute atomic E-state index is 13.5. The number of benzene rings is 1. The van der Waals surface area contributed by atoms with Gasteiger partial charge in [-0.1, -0.05) is 23.8 Å². The summed E-state index contributed by atoms with van der Waals surface area (Å²) in [6.07, 6.45) is 3.48. The minimum atomic E-state index is -0.725. The number of fused-ring (bicyclic) bond motifs is 1. The fourth-order valence-corrected chi connectivity index (χ4v) is 6.52. The molecule has 0 spiro atoms. The number of piperidine rings is 1. The van der Waals surface area contributed by atoms with Crippen molar-refractivity contribution in [2.24, 2.45) is 5.92 Å². The molecule has 0 radical (unpaired) electrons. The van der Waals surface area contributed by atoms with E-state index in [-0.39, 0.29) is 11.8 Å². The lowest BCUT2D eigenvalue weighted by Gasteiger charge is -2.37. The van der Waals surface area contributed by atoms with Crippen LogP contribution in [0.5, 0.6) is 0 Å². The molecular weight excluding hydrogens is 512 g/mol. The molecule has 39 heavy (non-hydrogen) atoms. The van der Waals surface area contributed by atoms with Gasteiger partial charge in [-0.2, -0.15) is 10.1 Å². The minimum absolute atomic E-state index is 0.0162. The Labute approximate surface area is 232 Å². The number of morpholine rings is 1. The van der Waals surface area contributed by atoms with Gasteiger partial charge in [-0.3, -0.25) is 4.79 Å². The maximum Gasteiger partial charge on any atom is 0.264 e. The molecule has 10 heteroatoms. The number of aliphatic hydroxyl groups is 1. The molecular formula is C29H34N6O3S. The number of ether oxygens (including phenoxy) is 1. The standard InChI is InChI=1S/C29H34N6O3S/c1-19-5-4-6-20(17-19)22-9-12-35(32-22)28-30-23-18-24(27(36)34-10-7-21(8-11-34)29(2,3)37)39-25(23)26(31-28)33-13-15-38-16-14-33/h4-6,9,12,17-18,21,37H,7-8,10-11,13-16H2,1-3H3. The predicted octanol–water partition coefficient (Wildman–Crippen LogP) is 4.31. The van der Waals surface area contributed by atoms with Gasteiger partial charge >= 0.3 is 0 Å². The Morgan fingerprint density at radius 3 is 2.56 bits per heavy atom. The molecule has 6 rings (SSSR count). The summed E-state index contributed by atoms with van der Waals surface area (Å²) in [4.78, 5) is 28.1. The quantitative estimate of drug-likeness (QED) is 0.398. The van der Waals surface area contributed by atoms with E-state index in [1.54, 1.807) is 4.68 Å². The highest BCUT2D eigenvalue weighted by Crippen LogP contribution is 2.35. The summed E-state index contributed by atoms with van der Waals surface area (Å²) in [7, 11) is 0. The van der Waals surface area contributed by atoms with Gasteiger partial charge in [-0.05, 0) is 57.7 Å². The Balaban J connectivity index is 1.34. The summed E-state index contributed by atoms with van der Waals surface area (Å²) in [5, 5.41) is 15.2. The van der Waals surface area contributed by atoms with E-state index in [4.69, 9.17) is 19.8 Å². The molecule has 1 N–H and O–H groups in total. The summed E-state index contributed by atoms with van der Waals surface area (Å²) in [5.41, 5.74) is 3.09. The van der Waals surface area contributed by atoms with Crippen molar-refractivity contribution < 1.29 is 14.6 Å². The van der Waals surface area contributed by atoms with Crippen molar-refractivity contribution in [2.75, 3.05) is 44.3 Å². The molecule has 3 aromatic heterocycles. The van der Waals surface area contributed by atoms with E-state index in [0.717, 1.165) is 53.2 Å². The van der Waals surface area contributed by atoms with Crippen molar-refractivity contribution in [3.8, 4) is 17.2 Å². The van der Waals surface area contributed by atoms with Gasteiger partial charge in [0, 0.05) is 37.9 Å². The second-order valence-corrected chi connectivity index (χ2v) is 12.1. The number of carbonyl (C=O) groups excluding carboxylic acids is 1. The van der Waals surface area contributed by atoms with Crippen LogP contribution in [0.2, 0.25) is 0 Å². The van der Waals surface area contributed by atoms with Gasteiger partial charge < -0.3 is 19.6 Å². The van der Waals surface area contributed by atoms with Gasteiger partial charge in [0.1, 0.15) is 0 Å². The summed E-state index contributed by atoms with van der Waals surface area (Å²) in [6, 6.07) is 12.1. The van der Waals surface area contributed by atoms with Gasteiger partial charge in [0.15, 0.2) is 5.82 Å². The first-order valence-corrected chi connectivity index (χ1v) is 14.4. The lowest BCUT2D eigenvalue weighted by Crippen LogP contribution is -2.44. The predicted molar refractivity (Wildman–Crippen MR) is 153 cm³/mol. The molecule has 9 nitrogen and oxygen atoms in total. The molecule has 1 amide bonds. The number of amides is 1. The van der Waals surface area contributed by atoms with Crippen molar-refractivity contribution in [3.05, 3.63) is 53.0 Å². The number of aromatic nitrogens is 4. The Kier molecular flexibility index (Phi) is 6.86. The summed E-state index contributed by atoms with van der Waals surface area (Å²) >= 11 is 1.46. The molecule has 0 bridgehead atoms. The van der Waals surface area contributed by atoms with Crippen molar-refractivity contribution in [3.63, 3.8) is 0 Å². The molecule has 4 aromatic rings. The maximum atomic E-state index is 13.5. The van der Waals surface area contributed by atoms with Crippen LogP contribution in [0.4, 0.5) is 5.82 Å². The van der Waals surface area contributed by atoms with Crippen LogP contribution >= 0.6 is 11.3 Å². The average molecular weight is 547 g/mol. The Bertz CT molecular complexity index is 1490. The Morgan fingerprint density at radius 2 is 1.85 bits per heavy atom. The van der Waals surface area contributed by atoms with E-state index < -0.39 is 5.60 Å². The molecule has 2 aliphatic heterocycles. The zero-order chi connectivity index (χ0) is 27.1. The van der Waals surface area contributed by atoms with Gasteiger partial charge in [-0.25, -0.2) is 9.67 Å². The minimum Gasteiger partial charge on any atom is -0.390 e. The van der Waals surface area contributed by atoms with E-state index in [9.17, 15) is 9.90 Å². The molecule has 2 fully saturated rings. The molecule has 0 saturated carbocycles. The number of thiophene rings is 1. The molecule has 0 unspecified atom stereocenters. The van der Waals surface area contributed by atoms with Crippen LogP contribution in [0.15, 0.2) is 42.6 Å². The molecule has 0 atom stereocenters. The number of nitrogens with zero attached hydrogens (tertiary/aromatic N) is 6. The van der Waals surface area contributed by atoms with Crippen LogP contribution < -0.4 is 4.90 Å².